The first kappa shape index (κ1) is 12.5. The van der Waals surface area contributed by atoms with E-state index >= 15 is 0 Å². The SMILES string of the molecule is Cc1cc(-c2cccc(O)c2)cnc1N/C=C/S. The minimum atomic E-state index is 0.255. The van der Waals surface area contributed by atoms with Gasteiger partial charge in [0.15, 0.2) is 0 Å². The summed E-state index contributed by atoms with van der Waals surface area (Å²) in [5.41, 5.74) is 2.95. The lowest BCUT2D eigenvalue weighted by molar-refractivity contribution is 0.475. The molecule has 1 heterocycles. The van der Waals surface area contributed by atoms with Gasteiger partial charge in [0.05, 0.1) is 0 Å². The Bertz CT molecular complexity index is 582. The average molecular weight is 258 g/mol. The standard InChI is InChI=1S/C14H14N2OS/c1-10-7-12(9-16-14(10)15-5-6-18)11-3-2-4-13(17)8-11/h2-9,17-18H,1H3,(H,15,16)/b6-5+. The molecule has 0 unspecified atom stereocenters. The fraction of sp³-hybridized carbons (Fsp3) is 0.0714. The van der Waals surface area contributed by atoms with Crippen LogP contribution >= 0.6 is 12.6 Å². The molecule has 1 aromatic carbocycles. The normalized spacial score (nSPS) is 10.8. The molecule has 0 atom stereocenters. The third kappa shape index (κ3) is 2.84. The summed E-state index contributed by atoms with van der Waals surface area (Å²) in [5, 5.41) is 14.1. The van der Waals surface area contributed by atoms with Crippen LogP contribution in [0.4, 0.5) is 5.82 Å². The topological polar surface area (TPSA) is 45.2 Å². The van der Waals surface area contributed by atoms with E-state index in [0.29, 0.717) is 0 Å². The van der Waals surface area contributed by atoms with Crippen LogP contribution in [0.5, 0.6) is 5.75 Å². The van der Waals surface area contributed by atoms with Gasteiger partial charge in [-0.1, -0.05) is 12.1 Å². The second kappa shape index (κ2) is 5.60. The van der Waals surface area contributed by atoms with Gasteiger partial charge in [0.2, 0.25) is 0 Å². The van der Waals surface area contributed by atoms with Gasteiger partial charge >= 0.3 is 0 Å². The number of aryl methyl sites for hydroxylation is 1. The second-order valence-electron chi connectivity index (χ2n) is 3.90. The number of aromatic nitrogens is 1. The van der Waals surface area contributed by atoms with E-state index in [9.17, 15) is 5.11 Å². The lowest BCUT2D eigenvalue weighted by Gasteiger charge is -2.07. The Balaban J connectivity index is 2.34. The molecule has 2 N–H and O–H groups in total. The fourth-order valence-corrected chi connectivity index (χ4v) is 1.76. The van der Waals surface area contributed by atoms with Crippen LogP contribution in [-0.4, -0.2) is 10.1 Å². The second-order valence-corrected chi connectivity index (χ2v) is 4.20. The van der Waals surface area contributed by atoms with Gasteiger partial charge in [-0.25, -0.2) is 4.98 Å². The minimum Gasteiger partial charge on any atom is -0.508 e. The van der Waals surface area contributed by atoms with Crippen LogP contribution in [0.15, 0.2) is 48.1 Å². The molecule has 0 radical (unpaired) electrons. The first-order chi connectivity index (χ1) is 8.70. The minimum absolute atomic E-state index is 0.255. The number of nitrogens with one attached hydrogen (secondary N) is 1. The van der Waals surface area contributed by atoms with Crippen LogP contribution in [0.25, 0.3) is 11.1 Å². The van der Waals surface area contributed by atoms with Gasteiger partial charge in [-0.2, -0.15) is 0 Å². The molecule has 4 heteroatoms. The molecule has 3 nitrogen and oxygen atoms in total. The first-order valence-electron chi connectivity index (χ1n) is 5.52. The molecule has 0 aliphatic rings. The van der Waals surface area contributed by atoms with E-state index in [1.54, 1.807) is 29.9 Å². The molecule has 0 saturated carbocycles. The molecule has 18 heavy (non-hydrogen) atoms. The molecule has 92 valence electrons. The molecule has 0 fully saturated rings. The van der Waals surface area contributed by atoms with Crippen LogP contribution in [0.3, 0.4) is 0 Å². The molecule has 0 bridgehead atoms. The van der Waals surface area contributed by atoms with E-state index in [1.165, 1.54) is 0 Å². The van der Waals surface area contributed by atoms with E-state index < -0.39 is 0 Å². The maximum absolute atomic E-state index is 9.46. The molecular weight excluding hydrogens is 244 g/mol. The van der Waals surface area contributed by atoms with Crippen molar-refractivity contribution in [2.45, 2.75) is 6.92 Å². The van der Waals surface area contributed by atoms with Gasteiger partial charge in [-0.15, -0.1) is 12.6 Å². The van der Waals surface area contributed by atoms with Crippen molar-refractivity contribution in [3.05, 3.63) is 53.7 Å². The Labute approximate surface area is 112 Å². The molecular formula is C14H14N2OS. The number of nitrogens with zero attached hydrogens (tertiary/aromatic N) is 1. The van der Waals surface area contributed by atoms with E-state index in [0.717, 1.165) is 22.5 Å². The van der Waals surface area contributed by atoms with Gasteiger partial charge in [0.1, 0.15) is 11.6 Å². The van der Waals surface area contributed by atoms with Crippen molar-refractivity contribution < 1.29 is 5.11 Å². The Morgan fingerprint density at radius 2 is 2.11 bits per heavy atom. The van der Waals surface area contributed by atoms with Gasteiger partial charge in [-0.05, 0) is 41.7 Å². The smallest absolute Gasteiger partial charge is 0.132 e. The van der Waals surface area contributed by atoms with Crippen molar-refractivity contribution >= 4 is 18.4 Å². The number of phenols is 1. The van der Waals surface area contributed by atoms with Gasteiger partial charge in [-0.3, -0.25) is 0 Å². The maximum Gasteiger partial charge on any atom is 0.132 e. The highest BCUT2D eigenvalue weighted by Gasteiger charge is 2.03. The predicted octanol–water partition coefficient (Wildman–Crippen LogP) is 3.58. The summed E-state index contributed by atoms with van der Waals surface area (Å²) in [6.45, 7) is 1.98. The zero-order valence-electron chi connectivity index (χ0n) is 9.96. The van der Waals surface area contributed by atoms with Crippen molar-refractivity contribution in [3.8, 4) is 16.9 Å². The molecule has 0 saturated heterocycles. The van der Waals surface area contributed by atoms with Crippen LogP contribution in [0.1, 0.15) is 5.56 Å². The van der Waals surface area contributed by atoms with Gasteiger partial charge < -0.3 is 10.4 Å². The van der Waals surface area contributed by atoms with Crippen LogP contribution < -0.4 is 5.32 Å². The molecule has 2 aromatic rings. The van der Waals surface area contributed by atoms with Crippen molar-refractivity contribution in [2.24, 2.45) is 0 Å². The number of phenolic OH excluding ortho intramolecular Hbond substituents is 1. The molecule has 0 spiro atoms. The predicted molar refractivity (Wildman–Crippen MR) is 77.8 cm³/mol. The molecule has 0 aliphatic carbocycles. The Hall–Kier alpha value is -1.94. The monoisotopic (exact) mass is 258 g/mol. The number of hydrogen-bond acceptors (Lipinski definition) is 4. The summed E-state index contributed by atoms with van der Waals surface area (Å²) >= 11 is 3.98. The van der Waals surface area contributed by atoms with E-state index in [4.69, 9.17) is 0 Å². The van der Waals surface area contributed by atoms with Crippen molar-refractivity contribution in [1.29, 1.82) is 0 Å². The Kier molecular flexibility index (Phi) is 3.89. The molecule has 1 aromatic heterocycles. The first-order valence-corrected chi connectivity index (χ1v) is 6.04. The summed E-state index contributed by atoms with van der Waals surface area (Å²) in [7, 11) is 0. The summed E-state index contributed by atoms with van der Waals surface area (Å²) < 4.78 is 0. The Morgan fingerprint density at radius 1 is 1.28 bits per heavy atom. The largest absolute Gasteiger partial charge is 0.508 e. The summed E-state index contributed by atoms with van der Waals surface area (Å²) in [5.74, 6) is 1.05. The summed E-state index contributed by atoms with van der Waals surface area (Å²) in [6, 6.07) is 9.15. The third-order valence-corrected chi connectivity index (χ3v) is 2.70. The molecule has 0 aliphatic heterocycles. The van der Waals surface area contributed by atoms with Crippen LogP contribution in [0.2, 0.25) is 0 Å². The number of hydrogen-bond donors (Lipinski definition) is 3. The van der Waals surface area contributed by atoms with Crippen molar-refractivity contribution in [3.63, 3.8) is 0 Å². The van der Waals surface area contributed by atoms with Crippen molar-refractivity contribution in [2.75, 3.05) is 5.32 Å². The third-order valence-electron chi connectivity index (χ3n) is 2.55. The summed E-state index contributed by atoms with van der Waals surface area (Å²) in [4.78, 5) is 4.34. The lowest BCUT2D eigenvalue weighted by Crippen LogP contribution is -1.94. The lowest BCUT2D eigenvalue weighted by atomic mass is 10.1. The number of pyridine rings is 1. The fourth-order valence-electron chi connectivity index (χ4n) is 1.69. The number of rotatable bonds is 3. The number of benzene rings is 1. The quantitative estimate of drug-likeness (QED) is 0.737. The van der Waals surface area contributed by atoms with Crippen LogP contribution in [-0.2, 0) is 0 Å². The van der Waals surface area contributed by atoms with Crippen LogP contribution in [0, 0.1) is 6.92 Å². The highest BCUT2D eigenvalue weighted by Crippen LogP contribution is 2.25. The van der Waals surface area contributed by atoms with E-state index in [-0.39, 0.29) is 5.75 Å². The number of thiol groups is 1. The number of anilines is 1. The van der Waals surface area contributed by atoms with Gasteiger partial charge in [0.25, 0.3) is 0 Å². The van der Waals surface area contributed by atoms with E-state index in [1.807, 2.05) is 25.1 Å². The van der Waals surface area contributed by atoms with E-state index in [2.05, 4.69) is 22.9 Å². The highest BCUT2D eigenvalue weighted by atomic mass is 32.1. The Morgan fingerprint density at radius 3 is 2.78 bits per heavy atom. The number of aromatic hydroxyl groups is 1. The van der Waals surface area contributed by atoms with Gasteiger partial charge in [0, 0.05) is 18.0 Å². The zero-order chi connectivity index (χ0) is 13.0. The highest BCUT2D eigenvalue weighted by molar-refractivity contribution is 7.83. The maximum atomic E-state index is 9.46. The molecule has 0 amide bonds. The summed E-state index contributed by atoms with van der Waals surface area (Å²) in [6.07, 6.45) is 3.49. The van der Waals surface area contributed by atoms with Crippen molar-refractivity contribution in [1.82, 2.24) is 4.98 Å². The molecule has 2 rings (SSSR count). The average Bonchev–Trinajstić information content (AvgIpc) is 2.37. The zero-order valence-corrected chi connectivity index (χ0v) is 10.9.